The van der Waals surface area contributed by atoms with Gasteiger partial charge in [0.15, 0.2) is 0 Å². The lowest BCUT2D eigenvalue weighted by Gasteiger charge is -2.14. The van der Waals surface area contributed by atoms with Crippen LogP contribution in [0, 0.1) is 5.82 Å². The number of para-hydroxylation sites is 2. The molecular weight excluding hydrogens is 476 g/mol. The Morgan fingerprint density at radius 3 is 2.53 bits per heavy atom. The van der Waals surface area contributed by atoms with E-state index < -0.39 is 41.4 Å². The highest BCUT2D eigenvalue weighted by atomic mass is 32.2. The first-order valence-corrected chi connectivity index (χ1v) is 10.8. The number of fused-ring (bicyclic) bond motifs is 1. The van der Waals surface area contributed by atoms with E-state index in [-0.39, 0.29) is 34.6 Å². The standard InChI is InChI=1S/C22H16F4N4O3S/c23-14-6-2-1-5-13(14)11-17-19(32)29(21(33)34-17)10-9-27-18(31)12-30-16-8-4-3-7-15(16)28-20(30)22(24,25)26/h1-8,11H,9-10,12H2,(H,27,31)/b17-11-. The van der Waals surface area contributed by atoms with Crippen molar-refractivity contribution in [2.45, 2.75) is 12.7 Å². The number of nitrogens with one attached hydrogen (secondary N) is 1. The molecule has 0 bridgehead atoms. The van der Waals surface area contributed by atoms with Crippen molar-refractivity contribution in [3.05, 3.63) is 70.6 Å². The number of imidazole rings is 1. The second-order valence-electron chi connectivity index (χ2n) is 7.21. The van der Waals surface area contributed by atoms with Crippen LogP contribution < -0.4 is 5.32 Å². The smallest absolute Gasteiger partial charge is 0.353 e. The summed E-state index contributed by atoms with van der Waals surface area (Å²) in [5.41, 5.74) is 0.394. The van der Waals surface area contributed by atoms with Crippen LogP contribution in [0.3, 0.4) is 0 Å². The van der Waals surface area contributed by atoms with E-state index in [1.165, 1.54) is 48.5 Å². The lowest BCUT2D eigenvalue weighted by molar-refractivity contribution is -0.147. The quantitative estimate of drug-likeness (QED) is 0.415. The van der Waals surface area contributed by atoms with Gasteiger partial charge in [-0.1, -0.05) is 30.3 Å². The van der Waals surface area contributed by atoms with Crippen molar-refractivity contribution in [2.24, 2.45) is 0 Å². The Hall–Kier alpha value is -3.67. The van der Waals surface area contributed by atoms with Gasteiger partial charge in [0, 0.05) is 18.7 Å². The summed E-state index contributed by atoms with van der Waals surface area (Å²) < 4.78 is 54.7. The number of imide groups is 1. The fraction of sp³-hybridized carbons (Fsp3) is 0.182. The van der Waals surface area contributed by atoms with Crippen LogP contribution in [0.1, 0.15) is 11.4 Å². The molecule has 1 fully saturated rings. The van der Waals surface area contributed by atoms with Gasteiger partial charge in [-0.25, -0.2) is 9.37 Å². The summed E-state index contributed by atoms with van der Waals surface area (Å²) in [4.78, 5) is 41.5. The number of amides is 3. The molecule has 34 heavy (non-hydrogen) atoms. The zero-order valence-corrected chi connectivity index (χ0v) is 18.1. The first-order valence-electron chi connectivity index (χ1n) is 9.94. The number of hydrogen-bond donors (Lipinski definition) is 1. The maximum Gasteiger partial charge on any atom is 0.449 e. The summed E-state index contributed by atoms with van der Waals surface area (Å²) >= 11 is 0.636. The van der Waals surface area contributed by atoms with E-state index in [1.807, 2.05) is 0 Å². The van der Waals surface area contributed by atoms with E-state index >= 15 is 0 Å². The minimum atomic E-state index is -4.76. The molecule has 1 N–H and O–H groups in total. The van der Waals surface area contributed by atoms with Crippen molar-refractivity contribution >= 4 is 45.9 Å². The van der Waals surface area contributed by atoms with Crippen LogP contribution in [0.4, 0.5) is 22.4 Å². The molecule has 0 spiro atoms. The number of alkyl halides is 3. The van der Waals surface area contributed by atoms with Gasteiger partial charge in [0.1, 0.15) is 12.4 Å². The topological polar surface area (TPSA) is 84.3 Å². The van der Waals surface area contributed by atoms with E-state index in [4.69, 9.17) is 0 Å². The van der Waals surface area contributed by atoms with Crippen molar-refractivity contribution in [3.63, 3.8) is 0 Å². The molecule has 7 nitrogen and oxygen atoms in total. The molecule has 1 aliphatic rings. The van der Waals surface area contributed by atoms with E-state index in [0.717, 1.165) is 9.47 Å². The number of carbonyl (C=O) groups excluding carboxylic acids is 3. The fourth-order valence-electron chi connectivity index (χ4n) is 3.38. The average molecular weight is 492 g/mol. The largest absolute Gasteiger partial charge is 0.449 e. The molecule has 2 heterocycles. The predicted octanol–water partition coefficient (Wildman–Crippen LogP) is 4.05. The summed E-state index contributed by atoms with van der Waals surface area (Å²) in [6.45, 7) is -1.01. The first-order chi connectivity index (χ1) is 16.1. The second kappa shape index (κ2) is 9.29. The van der Waals surface area contributed by atoms with Gasteiger partial charge >= 0.3 is 6.18 Å². The minimum absolute atomic E-state index is 0.0288. The summed E-state index contributed by atoms with van der Waals surface area (Å²) in [7, 11) is 0. The van der Waals surface area contributed by atoms with Crippen LogP contribution in [0.2, 0.25) is 0 Å². The molecule has 12 heteroatoms. The summed E-state index contributed by atoms with van der Waals surface area (Å²) in [6, 6.07) is 11.7. The molecule has 3 amide bonds. The van der Waals surface area contributed by atoms with Crippen LogP contribution in [0.25, 0.3) is 17.1 Å². The molecule has 0 saturated carbocycles. The number of benzene rings is 2. The van der Waals surface area contributed by atoms with Gasteiger partial charge in [-0.2, -0.15) is 13.2 Å². The monoisotopic (exact) mass is 492 g/mol. The highest BCUT2D eigenvalue weighted by molar-refractivity contribution is 8.18. The van der Waals surface area contributed by atoms with Gasteiger partial charge in [0.05, 0.1) is 15.9 Å². The maximum absolute atomic E-state index is 13.8. The molecule has 4 rings (SSSR count). The molecule has 0 atom stereocenters. The van der Waals surface area contributed by atoms with Crippen molar-refractivity contribution in [1.29, 1.82) is 0 Å². The predicted molar refractivity (Wildman–Crippen MR) is 117 cm³/mol. The number of rotatable bonds is 6. The number of carbonyl (C=O) groups is 3. The number of aromatic nitrogens is 2. The molecule has 0 aliphatic carbocycles. The highest BCUT2D eigenvalue weighted by Gasteiger charge is 2.38. The van der Waals surface area contributed by atoms with Gasteiger partial charge in [-0.15, -0.1) is 0 Å². The van der Waals surface area contributed by atoms with Crippen molar-refractivity contribution in [1.82, 2.24) is 19.8 Å². The number of nitrogens with zero attached hydrogens (tertiary/aromatic N) is 3. The van der Waals surface area contributed by atoms with Crippen molar-refractivity contribution in [3.8, 4) is 0 Å². The van der Waals surface area contributed by atoms with Gasteiger partial charge in [0.2, 0.25) is 11.7 Å². The Labute approximate surface area is 194 Å². The van der Waals surface area contributed by atoms with Gasteiger partial charge in [0.25, 0.3) is 11.1 Å². The first kappa shape index (κ1) is 23.5. The Balaban J connectivity index is 1.40. The molecule has 3 aromatic rings. The van der Waals surface area contributed by atoms with Gasteiger partial charge in [-0.05, 0) is 36.0 Å². The molecule has 0 radical (unpaired) electrons. The number of thioether (sulfide) groups is 1. The zero-order valence-electron chi connectivity index (χ0n) is 17.3. The molecule has 1 aliphatic heterocycles. The number of halogens is 4. The molecule has 176 valence electrons. The van der Waals surface area contributed by atoms with Gasteiger partial charge in [-0.3, -0.25) is 19.3 Å². The van der Waals surface area contributed by atoms with Crippen molar-refractivity contribution < 1.29 is 31.9 Å². The maximum atomic E-state index is 13.8. The third kappa shape index (κ3) is 4.81. The Kier molecular flexibility index (Phi) is 6.42. The Morgan fingerprint density at radius 1 is 1.09 bits per heavy atom. The Morgan fingerprint density at radius 2 is 1.79 bits per heavy atom. The normalized spacial score (nSPS) is 15.5. The van der Waals surface area contributed by atoms with E-state index in [9.17, 15) is 31.9 Å². The van der Waals surface area contributed by atoms with Crippen LogP contribution >= 0.6 is 11.8 Å². The lowest BCUT2D eigenvalue weighted by Crippen LogP contribution is -2.38. The minimum Gasteiger partial charge on any atom is -0.353 e. The third-order valence-electron chi connectivity index (χ3n) is 4.93. The fourth-order valence-corrected chi connectivity index (χ4v) is 4.24. The van der Waals surface area contributed by atoms with Crippen molar-refractivity contribution in [2.75, 3.05) is 13.1 Å². The highest BCUT2D eigenvalue weighted by Crippen LogP contribution is 2.33. The second-order valence-corrected chi connectivity index (χ2v) is 8.21. The van der Waals surface area contributed by atoms with E-state index in [1.54, 1.807) is 6.07 Å². The Bertz CT molecular complexity index is 1320. The van der Waals surface area contributed by atoms with Crippen LogP contribution in [0.15, 0.2) is 53.4 Å². The summed E-state index contributed by atoms with van der Waals surface area (Å²) in [5, 5.41) is 1.82. The molecule has 1 saturated heterocycles. The molecule has 1 aromatic heterocycles. The lowest BCUT2D eigenvalue weighted by atomic mass is 10.2. The molecule has 2 aromatic carbocycles. The third-order valence-corrected chi connectivity index (χ3v) is 5.84. The summed E-state index contributed by atoms with van der Waals surface area (Å²) in [6.07, 6.45) is -3.49. The summed E-state index contributed by atoms with van der Waals surface area (Å²) in [5.74, 6) is -3.14. The average Bonchev–Trinajstić information content (AvgIpc) is 3.28. The van der Waals surface area contributed by atoms with Gasteiger partial charge < -0.3 is 9.88 Å². The molecular formula is C22H16F4N4O3S. The van der Waals surface area contributed by atoms with Crippen LogP contribution in [-0.2, 0) is 22.3 Å². The zero-order chi connectivity index (χ0) is 24.5. The van der Waals surface area contributed by atoms with E-state index in [2.05, 4.69) is 10.3 Å². The van der Waals surface area contributed by atoms with Crippen LogP contribution in [0.5, 0.6) is 0 Å². The van der Waals surface area contributed by atoms with E-state index in [0.29, 0.717) is 11.8 Å². The SMILES string of the molecule is O=C(Cn1c(C(F)(F)F)nc2ccccc21)NCCN1C(=O)S/C(=C\c2ccccc2F)C1=O. The number of hydrogen-bond acceptors (Lipinski definition) is 5. The van der Waals surface area contributed by atoms with Crippen LogP contribution in [-0.4, -0.2) is 44.6 Å². The molecule has 0 unspecified atom stereocenters.